The minimum Gasteiger partial charge on any atom is -0.379 e. The number of hydrogen-bond donors (Lipinski definition) is 2. The molecule has 0 amide bonds. The number of aliphatic imine (C=N–C) groups is 1. The second kappa shape index (κ2) is 10.3. The number of rotatable bonds is 7. The third-order valence-corrected chi connectivity index (χ3v) is 4.45. The monoisotopic (exact) mass is 347 g/mol. The Balaban J connectivity index is 1.86. The zero-order chi connectivity index (χ0) is 18.1. The molecule has 1 aliphatic rings. The highest BCUT2D eigenvalue weighted by Crippen LogP contribution is 2.12. The minimum absolute atomic E-state index is 0.465. The van der Waals surface area contributed by atoms with E-state index in [2.05, 4.69) is 72.6 Å². The fraction of sp³-hybridized carbons (Fsp3) is 0.632. The van der Waals surface area contributed by atoms with E-state index in [1.165, 1.54) is 11.3 Å². The van der Waals surface area contributed by atoms with Gasteiger partial charge in [0.1, 0.15) is 0 Å². The Morgan fingerprint density at radius 2 is 1.88 bits per heavy atom. The van der Waals surface area contributed by atoms with Gasteiger partial charge in [-0.1, -0.05) is 12.1 Å². The van der Waals surface area contributed by atoms with Gasteiger partial charge in [0.05, 0.1) is 19.8 Å². The lowest BCUT2D eigenvalue weighted by Gasteiger charge is -2.32. The molecule has 1 saturated heterocycles. The van der Waals surface area contributed by atoms with Crippen molar-refractivity contribution in [2.24, 2.45) is 4.99 Å². The molecule has 1 heterocycles. The molecule has 2 N–H and O–H groups in total. The number of morpholine rings is 1. The van der Waals surface area contributed by atoms with E-state index in [-0.39, 0.29) is 0 Å². The second-order valence-corrected chi connectivity index (χ2v) is 6.63. The summed E-state index contributed by atoms with van der Waals surface area (Å²) in [6, 6.07) is 9.00. The smallest absolute Gasteiger partial charge is 0.191 e. The summed E-state index contributed by atoms with van der Waals surface area (Å²) in [5, 5.41) is 6.79. The fourth-order valence-electron chi connectivity index (χ4n) is 2.80. The first-order valence-corrected chi connectivity index (χ1v) is 9.20. The van der Waals surface area contributed by atoms with Crippen LogP contribution in [0.2, 0.25) is 0 Å². The van der Waals surface area contributed by atoms with Crippen molar-refractivity contribution in [3.63, 3.8) is 0 Å². The van der Waals surface area contributed by atoms with E-state index in [4.69, 9.17) is 9.73 Å². The normalized spacial score (nSPS) is 17.2. The van der Waals surface area contributed by atoms with Crippen molar-refractivity contribution in [2.75, 3.05) is 58.4 Å². The van der Waals surface area contributed by atoms with Crippen LogP contribution in [-0.2, 0) is 11.3 Å². The van der Waals surface area contributed by atoms with Crippen LogP contribution < -0.4 is 15.5 Å². The van der Waals surface area contributed by atoms with Gasteiger partial charge in [0.15, 0.2) is 5.96 Å². The molecule has 6 nitrogen and oxygen atoms in total. The van der Waals surface area contributed by atoms with Crippen molar-refractivity contribution in [1.82, 2.24) is 15.5 Å². The van der Waals surface area contributed by atoms with E-state index < -0.39 is 0 Å². The van der Waals surface area contributed by atoms with Crippen molar-refractivity contribution in [3.05, 3.63) is 29.8 Å². The van der Waals surface area contributed by atoms with E-state index >= 15 is 0 Å². The second-order valence-electron chi connectivity index (χ2n) is 6.63. The lowest BCUT2D eigenvalue weighted by atomic mass is 10.2. The van der Waals surface area contributed by atoms with Gasteiger partial charge in [0, 0.05) is 52.0 Å². The van der Waals surface area contributed by atoms with E-state index in [1.54, 1.807) is 0 Å². The number of anilines is 1. The summed E-state index contributed by atoms with van der Waals surface area (Å²) >= 11 is 0. The molecule has 1 atom stereocenters. The average Bonchev–Trinajstić information content (AvgIpc) is 2.64. The number of guanidine groups is 1. The van der Waals surface area contributed by atoms with Gasteiger partial charge in [0.25, 0.3) is 0 Å². The topological polar surface area (TPSA) is 52.1 Å². The predicted octanol–water partition coefficient (Wildman–Crippen LogP) is 1.53. The van der Waals surface area contributed by atoms with Gasteiger partial charge in [-0.15, -0.1) is 0 Å². The Kier molecular flexibility index (Phi) is 8.01. The molecule has 0 bridgehead atoms. The van der Waals surface area contributed by atoms with Gasteiger partial charge < -0.3 is 20.3 Å². The summed E-state index contributed by atoms with van der Waals surface area (Å²) in [4.78, 5) is 9.27. The molecule has 0 saturated carbocycles. The fourth-order valence-corrected chi connectivity index (χ4v) is 2.80. The quantitative estimate of drug-likeness (QED) is 0.579. The van der Waals surface area contributed by atoms with Crippen LogP contribution >= 0.6 is 0 Å². The maximum atomic E-state index is 5.42. The summed E-state index contributed by atoms with van der Waals surface area (Å²) in [5.74, 6) is 0.874. The molecule has 0 radical (unpaired) electrons. The molecular formula is C19H33N5O. The average molecular weight is 348 g/mol. The maximum absolute atomic E-state index is 5.42. The van der Waals surface area contributed by atoms with Gasteiger partial charge in [-0.25, -0.2) is 4.99 Å². The van der Waals surface area contributed by atoms with Gasteiger partial charge in [0.2, 0.25) is 0 Å². The van der Waals surface area contributed by atoms with Gasteiger partial charge >= 0.3 is 0 Å². The lowest BCUT2D eigenvalue weighted by Crippen LogP contribution is -2.49. The number of nitrogens with zero attached hydrogens (tertiary/aromatic N) is 3. The number of benzene rings is 1. The third-order valence-electron chi connectivity index (χ3n) is 4.45. The highest BCUT2D eigenvalue weighted by atomic mass is 16.5. The lowest BCUT2D eigenvalue weighted by molar-refractivity contribution is 0.0211. The van der Waals surface area contributed by atoms with Gasteiger partial charge in [-0.2, -0.15) is 0 Å². The number of ether oxygens (including phenoxy) is 1. The third kappa shape index (κ3) is 6.55. The van der Waals surface area contributed by atoms with Crippen LogP contribution in [0.25, 0.3) is 0 Å². The zero-order valence-electron chi connectivity index (χ0n) is 16.1. The van der Waals surface area contributed by atoms with Crippen LogP contribution in [0.3, 0.4) is 0 Å². The molecule has 1 aliphatic heterocycles. The molecule has 0 aromatic heterocycles. The Hall–Kier alpha value is -1.79. The predicted molar refractivity (Wildman–Crippen MR) is 105 cm³/mol. The Labute approximate surface area is 152 Å². The summed E-state index contributed by atoms with van der Waals surface area (Å²) in [5.41, 5.74) is 2.42. The van der Waals surface area contributed by atoms with Crippen molar-refractivity contribution >= 4 is 11.6 Å². The van der Waals surface area contributed by atoms with Gasteiger partial charge in [-0.3, -0.25) is 4.90 Å². The molecule has 140 valence electrons. The molecule has 1 fully saturated rings. The standard InChI is InChI=1S/C19H33N5O/c1-5-20-19(21-14-16(2)24-10-12-25-13-11-24)22-15-17-6-8-18(9-7-17)23(3)4/h6-9,16H,5,10-15H2,1-4H3,(H2,20,21,22). The van der Waals surface area contributed by atoms with E-state index in [9.17, 15) is 0 Å². The first-order chi connectivity index (χ1) is 12.1. The number of hydrogen-bond acceptors (Lipinski definition) is 4. The highest BCUT2D eigenvalue weighted by molar-refractivity contribution is 5.79. The molecule has 6 heteroatoms. The Morgan fingerprint density at radius 3 is 2.48 bits per heavy atom. The van der Waals surface area contributed by atoms with Crippen molar-refractivity contribution in [3.8, 4) is 0 Å². The van der Waals surface area contributed by atoms with Crippen LogP contribution in [0, 0.1) is 0 Å². The van der Waals surface area contributed by atoms with Crippen LogP contribution in [-0.4, -0.2) is 70.4 Å². The molecule has 2 rings (SSSR count). The van der Waals surface area contributed by atoms with Crippen LogP contribution in [0.5, 0.6) is 0 Å². The van der Waals surface area contributed by atoms with Crippen LogP contribution in [0.1, 0.15) is 19.4 Å². The highest BCUT2D eigenvalue weighted by Gasteiger charge is 2.16. The number of nitrogens with one attached hydrogen (secondary N) is 2. The Bertz CT molecular complexity index is 523. The van der Waals surface area contributed by atoms with Crippen molar-refractivity contribution in [2.45, 2.75) is 26.4 Å². The molecule has 1 unspecified atom stereocenters. The van der Waals surface area contributed by atoms with Gasteiger partial charge in [-0.05, 0) is 31.5 Å². The zero-order valence-corrected chi connectivity index (χ0v) is 16.1. The summed E-state index contributed by atoms with van der Waals surface area (Å²) in [7, 11) is 4.10. The molecule has 0 spiro atoms. The van der Waals surface area contributed by atoms with E-state index in [0.717, 1.165) is 45.4 Å². The molecule has 0 aliphatic carbocycles. The molecule has 25 heavy (non-hydrogen) atoms. The van der Waals surface area contributed by atoms with E-state index in [1.807, 2.05) is 0 Å². The summed E-state index contributed by atoms with van der Waals surface area (Å²) in [6.07, 6.45) is 0. The summed E-state index contributed by atoms with van der Waals surface area (Å²) in [6.45, 7) is 10.4. The molecule has 1 aromatic carbocycles. The first kappa shape index (κ1) is 19.5. The minimum atomic E-state index is 0.465. The van der Waals surface area contributed by atoms with Crippen molar-refractivity contribution in [1.29, 1.82) is 0 Å². The maximum Gasteiger partial charge on any atom is 0.191 e. The van der Waals surface area contributed by atoms with Crippen LogP contribution in [0.4, 0.5) is 5.69 Å². The van der Waals surface area contributed by atoms with Crippen molar-refractivity contribution < 1.29 is 4.74 Å². The SMILES string of the molecule is CCNC(=NCc1ccc(N(C)C)cc1)NCC(C)N1CCOCC1. The largest absolute Gasteiger partial charge is 0.379 e. The molecule has 1 aromatic rings. The molecular weight excluding hydrogens is 314 g/mol. The van der Waals surface area contributed by atoms with Crippen LogP contribution in [0.15, 0.2) is 29.3 Å². The Morgan fingerprint density at radius 1 is 1.20 bits per heavy atom. The first-order valence-electron chi connectivity index (χ1n) is 9.20. The summed E-state index contributed by atoms with van der Waals surface area (Å²) < 4.78 is 5.42. The van der Waals surface area contributed by atoms with E-state index in [0.29, 0.717) is 12.6 Å².